The molecule has 0 unspecified atom stereocenters. The minimum absolute atomic E-state index is 0.160. The second kappa shape index (κ2) is 9.32. The molecule has 29 heavy (non-hydrogen) atoms. The van der Waals surface area contributed by atoms with Gasteiger partial charge in [0.15, 0.2) is 11.5 Å². The molecule has 0 bridgehead atoms. The van der Waals surface area contributed by atoms with Gasteiger partial charge in [-0.05, 0) is 61.2 Å². The number of amides is 3. The van der Waals surface area contributed by atoms with Gasteiger partial charge in [-0.15, -0.1) is 0 Å². The highest BCUT2D eigenvalue weighted by Gasteiger charge is 2.21. The van der Waals surface area contributed by atoms with Gasteiger partial charge in [-0.2, -0.15) is 0 Å². The first-order valence-corrected chi connectivity index (χ1v) is 9.68. The van der Waals surface area contributed by atoms with Crippen LogP contribution in [0.25, 0.3) is 0 Å². The van der Waals surface area contributed by atoms with E-state index in [1.165, 1.54) is 0 Å². The monoisotopic (exact) mass is 397 g/mol. The second-order valence-corrected chi connectivity index (χ2v) is 7.00. The van der Waals surface area contributed by atoms with Crippen LogP contribution < -0.4 is 25.0 Å². The van der Waals surface area contributed by atoms with E-state index in [9.17, 15) is 9.59 Å². The van der Waals surface area contributed by atoms with Crippen LogP contribution in [0.4, 0.5) is 16.2 Å². The highest BCUT2D eigenvalue weighted by atomic mass is 16.5. The molecule has 0 atom stereocenters. The summed E-state index contributed by atoms with van der Waals surface area (Å²) in [6.07, 6.45) is 2.57. The number of aryl methyl sites for hydroxylation is 1. The highest BCUT2D eigenvalue weighted by Crippen LogP contribution is 2.28. The van der Waals surface area contributed by atoms with Crippen molar-refractivity contribution in [1.82, 2.24) is 5.32 Å². The van der Waals surface area contributed by atoms with Crippen LogP contribution >= 0.6 is 0 Å². The fourth-order valence-electron chi connectivity index (χ4n) is 3.44. The van der Waals surface area contributed by atoms with E-state index in [4.69, 9.17) is 9.47 Å². The molecule has 2 aromatic rings. The minimum Gasteiger partial charge on any atom is -0.493 e. The number of anilines is 2. The molecule has 0 aromatic heterocycles. The quantitative estimate of drug-likeness (QED) is 0.776. The van der Waals surface area contributed by atoms with Crippen molar-refractivity contribution in [2.75, 3.05) is 31.0 Å². The predicted molar refractivity (Wildman–Crippen MR) is 113 cm³/mol. The van der Waals surface area contributed by atoms with Crippen LogP contribution in [0.3, 0.4) is 0 Å². The van der Waals surface area contributed by atoms with Crippen LogP contribution in [0.15, 0.2) is 36.4 Å². The maximum Gasteiger partial charge on any atom is 0.319 e. The molecule has 1 heterocycles. The number of nitrogens with one attached hydrogen (secondary N) is 2. The molecule has 7 nitrogen and oxygen atoms in total. The molecule has 0 aliphatic carbocycles. The number of rotatable bonds is 6. The van der Waals surface area contributed by atoms with Gasteiger partial charge in [0.2, 0.25) is 5.91 Å². The Hall–Kier alpha value is -3.22. The number of methoxy groups -OCH3 is 2. The number of carbonyl (C=O) groups excluding carboxylic acids is 2. The molecule has 0 spiro atoms. The standard InChI is InChI=1S/C22H27N3O4/c1-15-12-17(8-9-18(15)25-11-5-4-6-21(25)26)24-22(27)23-14-16-7-10-19(28-2)20(13-16)29-3/h7-10,12-13H,4-6,11,14H2,1-3H3,(H2,23,24,27). The van der Waals surface area contributed by atoms with E-state index in [-0.39, 0.29) is 11.9 Å². The van der Waals surface area contributed by atoms with E-state index in [0.717, 1.165) is 36.2 Å². The molecule has 3 amide bonds. The summed E-state index contributed by atoms with van der Waals surface area (Å²) in [7, 11) is 3.16. The molecule has 1 fully saturated rings. The summed E-state index contributed by atoms with van der Waals surface area (Å²) in [5.74, 6) is 1.42. The molecular formula is C22H27N3O4. The van der Waals surface area contributed by atoms with Crippen molar-refractivity contribution < 1.29 is 19.1 Å². The number of nitrogens with zero attached hydrogens (tertiary/aromatic N) is 1. The first kappa shape index (κ1) is 20.5. The Bertz CT molecular complexity index is 898. The van der Waals surface area contributed by atoms with Crippen molar-refractivity contribution >= 4 is 23.3 Å². The molecule has 3 rings (SSSR count). The van der Waals surface area contributed by atoms with Gasteiger partial charge in [0.1, 0.15) is 0 Å². The van der Waals surface area contributed by atoms with E-state index in [0.29, 0.717) is 30.2 Å². The molecule has 0 radical (unpaired) electrons. The summed E-state index contributed by atoms with van der Waals surface area (Å²) >= 11 is 0. The maximum atomic E-state index is 12.3. The van der Waals surface area contributed by atoms with Crippen LogP contribution in [-0.4, -0.2) is 32.7 Å². The van der Waals surface area contributed by atoms with Gasteiger partial charge in [-0.3, -0.25) is 4.79 Å². The summed E-state index contributed by atoms with van der Waals surface area (Å²) in [5, 5.41) is 5.67. The molecule has 2 N–H and O–H groups in total. The Kier molecular flexibility index (Phi) is 6.59. The Balaban J connectivity index is 1.59. The summed E-state index contributed by atoms with van der Waals surface area (Å²) in [6.45, 7) is 3.05. The van der Waals surface area contributed by atoms with Gasteiger partial charge < -0.3 is 25.0 Å². The Morgan fingerprint density at radius 1 is 1.07 bits per heavy atom. The zero-order valence-corrected chi connectivity index (χ0v) is 17.1. The smallest absolute Gasteiger partial charge is 0.319 e. The van der Waals surface area contributed by atoms with Crippen molar-refractivity contribution in [3.8, 4) is 11.5 Å². The van der Waals surface area contributed by atoms with Gasteiger partial charge in [0.25, 0.3) is 0 Å². The zero-order chi connectivity index (χ0) is 20.8. The van der Waals surface area contributed by atoms with Crippen LogP contribution in [0.1, 0.15) is 30.4 Å². The average Bonchev–Trinajstić information content (AvgIpc) is 2.73. The fraction of sp³-hybridized carbons (Fsp3) is 0.364. The number of benzene rings is 2. The SMILES string of the molecule is COc1ccc(CNC(=O)Nc2ccc(N3CCCCC3=O)c(C)c2)cc1OC. The van der Waals surface area contributed by atoms with Crippen molar-refractivity contribution in [1.29, 1.82) is 0 Å². The van der Waals surface area contributed by atoms with Crippen molar-refractivity contribution in [3.63, 3.8) is 0 Å². The summed E-state index contributed by atoms with van der Waals surface area (Å²) in [4.78, 5) is 26.2. The number of piperidine rings is 1. The highest BCUT2D eigenvalue weighted by molar-refractivity contribution is 5.95. The first-order valence-electron chi connectivity index (χ1n) is 9.68. The number of carbonyl (C=O) groups is 2. The third-order valence-electron chi connectivity index (χ3n) is 4.97. The topological polar surface area (TPSA) is 79.9 Å². The predicted octanol–water partition coefficient (Wildman–Crippen LogP) is 3.85. The molecule has 2 aromatic carbocycles. The third-order valence-corrected chi connectivity index (χ3v) is 4.97. The largest absolute Gasteiger partial charge is 0.493 e. The van der Waals surface area contributed by atoms with Crippen molar-refractivity contribution in [2.45, 2.75) is 32.7 Å². The molecule has 1 aliphatic rings. The van der Waals surface area contributed by atoms with Crippen LogP contribution in [0.2, 0.25) is 0 Å². The minimum atomic E-state index is -0.305. The zero-order valence-electron chi connectivity index (χ0n) is 17.1. The van der Waals surface area contributed by atoms with Gasteiger partial charge >= 0.3 is 6.03 Å². The van der Waals surface area contributed by atoms with Crippen molar-refractivity contribution in [2.24, 2.45) is 0 Å². The lowest BCUT2D eigenvalue weighted by Crippen LogP contribution is -2.35. The lowest BCUT2D eigenvalue weighted by Gasteiger charge is -2.28. The summed E-state index contributed by atoms with van der Waals surface area (Å²) in [6, 6.07) is 10.8. The number of urea groups is 1. The van der Waals surface area contributed by atoms with E-state index in [2.05, 4.69) is 10.6 Å². The third kappa shape index (κ3) is 4.99. The molecule has 7 heteroatoms. The number of ether oxygens (including phenoxy) is 2. The normalized spacial score (nSPS) is 13.8. The summed E-state index contributed by atoms with van der Waals surface area (Å²) in [5.41, 5.74) is 3.44. The molecule has 1 aliphatic heterocycles. The molecular weight excluding hydrogens is 370 g/mol. The van der Waals surface area contributed by atoms with Crippen molar-refractivity contribution in [3.05, 3.63) is 47.5 Å². The van der Waals surface area contributed by atoms with E-state index in [1.807, 2.05) is 42.2 Å². The van der Waals surface area contributed by atoms with Crippen LogP contribution in [-0.2, 0) is 11.3 Å². The van der Waals surface area contributed by atoms with Gasteiger partial charge in [0, 0.05) is 30.9 Å². The Labute approximate surface area is 171 Å². The van der Waals surface area contributed by atoms with E-state index in [1.54, 1.807) is 20.3 Å². The summed E-state index contributed by atoms with van der Waals surface area (Å²) < 4.78 is 10.5. The second-order valence-electron chi connectivity index (χ2n) is 7.00. The van der Waals surface area contributed by atoms with Crippen LogP contribution in [0, 0.1) is 6.92 Å². The van der Waals surface area contributed by atoms with E-state index >= 15 is 0 Å². The molecule has 154 valence electrons. The van der Waals surface area contributed by atoms with E-state index < -0.39 is 0 Å². The maximum absolute atomic E-state index is 12.3. The number of hydrogen-bond acceptors (Lipinski definition) is 4. The van der Waals surface area contributed by atoms with Gasteiger partial charge in [0.05, 0.1) is 14.2 Å². The number of hydrogen-bond donors (Lipinski definition) is 2. The van der Waals surface area contributed by atoms with Gasteiger partial charge in [-0.1, -0.05) is 6.07 Å². The lowest BCUT2D eigenvalue weighted by atomic mass is 10.1. The Morgan fingerprint density at radius 2 is 1.86 bits per heavy atom. The average molecular weight is 397 g/mol. The first-order chi connectivity index (χ1) is 14.0. The van der Waals surface area contributed by atoms with Gasteiger partial charge in [-0.25, -0.2) is 4.79 Å². The Morgan fingerprint density at radius 3 is 2.55 bits per heavy atom. The fourth-order valence-corrected chi connectivity index (χ4v) is 3.44. The lowest BCUT2D eigenvalue weighted by molar-refractivity contribution is -0.119. The van der Waals surface area contributed by atoms with Crippen LogP contribution in [0.5, 0.6) is 11.5 Å². The molecule has 1 saturated heterocycles. The molecule has 0 saturated carbocycles.